The van der Waals surface area contributed by atoms with Gasteiger partial charge in [-0.1, -0.05) is 56.7 Å². The van der Waals surface area contributed by atoms with E-state index in [0.29, 0.717) is 35.8 Å². The van der Waals surface area contributed by atoms with Gasteiger partial charge in [-0.25, -0.2) is 0 Å². The summed E-state index contributed by atoms with van der Waals surface area (Å²) in [5.41, 5.74) is 3.34. The third-order valence-corrected chi connectivity index (χ3v) is 10.6. The molecule has 226 valence electrons. The van der Waals surface area contributed by atoms with E-state index < -0.39 is 0 Å². The Morgan fingerprint density at radius 1 is 1.24 bits per heavy atom. The highest BCUT2D eigenvalue weighted by atomic mass is 16.5. The lowest BCUT2D eigenvalue weighted by Crippen LogP contribution is -2.69. The number of phenolic OH excluding ortho intramolecular Hbond substituents is 1. The predicted molar refractivity (Wildman–Crippen MR) is 166 cm³/mol. The number of carbonyl (C=O) groups excluding carboxylic acids is 1. The molecule has 1 spiro atoms. The molecule has 0 aromatic heterocycles. The maximum absolute atomic E-state index is 14.0. The van der Waals surface area contributed by atoms with Crippen LogP contribution in [0.4, 0.5) is 0 Å². The molecule has 1 saturated heterocycles. The molecular weight excluding hydrogens is 524 g/mol. The lowest BCUT2D eigenvalue weighted by molar-refractivity contribution is -0.143. The molecular formula is C36H48N2O4. The number of rotatable bonds is 12. The number of aromatic hydroxyl groups is 1. The molecule has 6 heteroatoms. The Labute approximate surface area is 251 Å². The van der Waals surface area contributed by atoms with E-state index in [0.717, 1.165) is 82.3 Å². The van der Waals surface area contributed by atoms with Crippen LogP contribution < -0.4 is 9.47 Å². The fourth-order valence-electron chi connectivity index (χ4n) is 8.90. The van der Waals surface area contributed by atoms with Crippen LogP contribution >= 0.6 is 0 Å². The summed E-state index contributed by atoms with van der Waals surface area (Å²) in [4.78, 5) is 18.7. The van der Waals surface area contributed by atoms with Gasteiger partial charge in [0.1, 0.15) is 11.9 Å². The molecule has 0 unspecified atom stereocenters. The van der Waals surface area contributed by atoms with Crippen LogP contribution in [0.15, 0.2) is 49.1 Å². The number of benzene rings is 2. The van der Waals surface area contributed by atoms with Crippen LogP contribution in [0.5, 0.6) is 17.2 Å². The second kappa shape index (κ2) is 11.9. The summed E-state index contributed by atoms with van der Waals surface area (Å²) < 4.78 is 12.8. The van der Waals surface area contributed by atoms with Crippen LogP contribution in [0.1, 0.15) is 75.5 Å². The molecule has 2 fully saturated rings. The zero-order chi connectivity index (χ0) is 29.4. The lowest BCUT2D eigenvalue weighted by atomic mass is 9.50. The number of nitrogens with zero attached hydrogens (tertiary/aromatic N) is 2. The zero-order valence-corrected chi connectivity index (χ0v) is 25.7. The summed E-state index contributed by atoms with van der Waals surface area (Å²) in [6.07, 6.45) is 10.4. The van der Waals surface area contributed by atoms with Gasteiger partial charge in [-0.3, -0.25) is 9.69 Å². The van der Waals surface area contributed by atoms with Crippen molar-refractivity contribution in [2.45, 2.75) is 95.2 Å². The molecule has 1 N–H and O–H groups in total. The monoisotopic (exact) mass is 572 g/mol. The minimum atomic E-state index is -0.217. The van der Waals surface area contributed by atoms with Crippen molar-refractivity contribution in [3.63, 3.8) is 0 Å². The van der Waals surface area contributed by atoms with Gasteiger partial charge < -0.3 is 19.5 Å². The molecule has 6 nitrogen and oxygen atoms in total. The number of amides is 1. The Morgan fingerprint density at radius 2 is 2.05 bits per heavy atom. The number of likely N-dealkylation sites (tertiary alicyclic amines) is 1. The Bertz CT molecular complexity index is 1290. The molecule has 5 atom stereocenters. The highest BCUT2D eigenvalue weighted by Crippen LogP contribution is 2.65. The topological polar surface area (TPSA) is 62.2 Å². The molecule has 2 aromatic carbocycles. The second-order valence-electron chi connectivity index (χ2n) is 13.4. The first-order valence-electron chi connectivity index (χ1n) is 16.2. The summed E-state index contributed by atoms with van der Waals surface area (Å²) in [7, 11) is 1.65. The number of hydrogen-bond donors (Lipinski definition) is 1. The van der Waals surface area contributed by atoms with Crippen molar-refractivity contribution >= 4 is 5.91 Å². The maximum Gasteiger partial charge on any atom is 0.222 e. The van der Waals surface area contributed by atoms with E-state index in [1.54, 1.807) is 13.2 Å². The number of unbranched alkanes of at least 4 members (excludes halogenated alkanes) is 2. The first-order valence-corrected chi connectivity index (χ1v) is 16.2. The van der Waals surface area contributed by atoms with Gasteiger partial charge in [0.05, 0.1) is 13.2 Å². The SMILES string of the molecule is C=CCN1CC[C@]23c4c5c(O)cc(OC)c4O[C@H]2[C@H](N(CC(C)C)C(=O)CCCCCc2ccccc2)CC[C@H]3[C@H]1C5. The van der Waals surface area contributed by atoms with Crippen molar-refractivity contribution in [3.05, 3.63) is 65.7 Å². The summed E-state index contributed by atoms with van der Waals surface area (Å²) in [6.45, 7) is 11.0. The average molecular weight is 573 g/mol. The molecule has 4 aliphatic rings. The van der Waals surface area contributed by atoms with E-state index in [9.17, 15) is 9.90 Å². The van der Waals surface area contributed by atoms with Gasteiger partial charge in [0.15, 0.2) is 11.5 Å². The van der Waals surface area contributed by atoms with Gasteiger partial charge in [-0.15, -0.1) is 6.58 Å². The minimum absolute atomic E-state index is 0.0114. The van der Waals surface area contributed by atoms with Crippen LogP contribution in [0, 0.1) is 11.8 Å². The van der Waals surface area contributed by atoms with Gasteiger partial charge in [-0.2, -0.15) is 0 Å². The first-order chi connectivity index (χ1) is 20.4. The number of aryl methyl sites for hydroxylation is 1. The molecule has 42 heavy (non-hydrogen) atoms. The molecule has 2 heterocycles. The van der Waals surface area contributed by atoms with Gasteiger partial charge in [0.2, 0.25) is 5.91 Å². The summed E-state index contributed by atoms with van der Waals surface area (Å²) >= 11 is 0. The van der Waals surface area contributed by atoms with Crippen molar-refractivity contribution in [2.24, 2.45) is 11.8 Å². The van der Waals surface area contributed by atoms with Crippen molar-refractivity contribution in [2.75, 3.05) is 26.7 Å². The van der Waals surface area contributed by atoms with E-state index >= 15 is 0 Å². The van der Waals surface area contributed by atoms with Gasteiger partial charge in [0, 0.05) is 48.2 Å². The molecule has 6 rings (SSSR count). The number of hydrogen-bond acceptors (Lipinski definition) is 5. The van der Waals surface area contributed by atoms with Crippen LogP contribution in [-0.4, -0.2) is 65.7 Å². The Balaban J connectivity index is 1.27. The third kappa shape index (κ3) is 4.90. The first kappa shape index (κ1) is 29.1. The number of phenols is 1. The zero-order valence-electron chi connectivity index (χ0n) is 25.7. The standard InChI is InChI=1S/C36H48N2O4/c1-5-19-37-20-18-36-27-16-17-28(35(36)42-34-31(41-4)22-30(39)26(33(34)36)21-29(27)37)38(23-24(2)3)32(40)15-11-7-10-14-25-12-8-6-9-13-25/h5-6,8-9,12-13,22,24,27-29,35,39H,1,7,10-11,14-21,23H2,2-4H3/t27-,28+,29+,35-,36-/m0/s1. The quantitative estimate of drug-likeness (QED) is 0.240. The smallest absolute Gasteiger partial charge is 0.222 e. The van der Waals surface area contributed by atoms with Crippen LogP contribution in [-0.2, 0) is 23.1 Å². The highest BCUT2D eigenvalue weighted by Gasteiger charge is 2.67. The van der Waals surface area contributed by atoms with Crippen molar-refractivity contribution < 1.29 is 19.4 Å². The van der Waals surface area contributed by atoms with E-state index in [1.165, 1.54) is 11.1 Å². The molecule has 2 aromatic rings. The predicted octanol–water partition coefficient (Wildman–Crippen LogP) is 6.28. The fourth-order valence-corrected chi connectivity index (χ4v) is 8.90. The van der Waals surface area contributed by atoms with Crippen molar-refractivity contribution in [1.82, 2.24) is 9.80 Å². The molecule has 0 radical (unpaired) electrons. The van der Waals surface area contributed by atoms with Crippen molar-refractivity contribution in [3.8, 4) is 17.2 Å². The fraction of sp³-hybridized carbons (Fsp3) is 0.583. The van der Waals surface area contributed by atoms with Crippen LogP contribution in [0.2, 0.25) is 0 Å². The van der Waals surface area contributed by atoms with Crippen LogP contribution in [0.25, 0.3) is 0 Å². The third-order valence-electron chi connectivity index (χ3n) is 10.6. The van der Waals surface area contributed by atoms with E-state index in [1.807, 2.05) is 6.08 Å². The number of carbonyl (C=O) groups is 1. The van der Waals surface area contributed by atoms with E-state index in [4.69, 9.17) is 9.47 Å². The van der Waals surface area contributed by atoms with Gasteiger partial charge in [-0.05, 0) is 68.9 Å². The van der Waals surface area contributed by atoms with Gasteiger partial charge in [0.25, 0.3) is 0 Å². The van der Waals surface area contributed by atoms with E-state index in [2.05, 4.69) is 60.6 Å². The number of ether oxygens (including phenoxy) is 2. The Morgan fingerprint density at radius 3 is 2.79 bits per heavy atom. The largest absolute Gasteiger partial charge is 0.508 e. The molecule has 1 amide bonds. The van der Waals surface area contributed by atoms with Crippen molar-refractivity contribution in [1.29, 1.82) is 0 Å². The molecule has 2 bridgehead atoms. The second-order valence-corrected chi connectivity index (χ2v) is 13.4. The molecule has 2 aliphatic carbocycles. The number of methoxy groups -OCH3 is 1. The summed E-state index contributed by atoms with van der Waals surface area (Å²) in [5.74, 6) is 2.77. The molecule has 1 saturated carbocycles. The van der Waals surface area contributed by atoms with E-state index in [-0.39, 0.29) is 23.5 Å². The minimum Gasteiger partial charge on any atom is -0.508 e. The number of piperidine rings is 1. The average Bonchev–Trinajstić information content (AvgIpc) is 3.33. The van der Waals surface area contributed by atoms with Gasteiger partial charge >= 0.3 is 0 Å². The normalized spacial score (nSPS) is 27.3. The Hall–Kier alpha value is -2.99. The lowest BCUT2D eigenvalue weighted by Gasteiger charge is -2.60. The molecule has 2 aliphatic heterocycles. The van der Waals surface area contributed by atoms with Crippen LogP contribution in [0.3, 0.4) is 0 Å². The Kier molecular flexibility index (Phi) is 8.28. The highest BCUT2D eigenvalue weighted by molar-refractivity contribution is 5.77. The summed E-state index contributed by atoms with van der Waals surface area (Å²) in [5, 5.41) is 11.2. The summed E-state index contributed by atoms with van der Waals surface area (Å²) in [6, 6.07) is 12.7. The maximum atomic E-state index is 14.0.